The Morgan fingerprint density at radius 2 is 0.628 bits per heavy atom. The van der Waals surface area contributed by atoms with Gasteiger partial charge in [-0.15, -0.1) is 0 Å². The van der Waals surface area contributed by atoms with Crippen LogP contribution in [0.15, 0.2) is 158 Å². The molecule has 0 fully saturated rings. The Morgan fingerprint density at radius 3 is 0.884 bits per heavy atom. The van der Waals surface area contributed by atoms with Gasteiger partial charge in [-0.2, -0.15) is 13.5 Å². The van der Waals surface area contributed by atoms with Gasteiger partial charge in [0, 0.05) is 11.1 Å². The molecule has 0 bridgehead atoms. The van der Waals surface area contributed by atoms with Crippen LogP contribution >= 0.6 is 29.3 Å². The highest BCUT2D eigenvalue weighted by molar-refractivity contribution is 7.80. The van der Waals surface area contributed by atoms with Crippen LogP contribution in [-0.4, -0.2) is 14.2 Å². The fraction of sp³-hybridized carbons (Fsp3) is 0.0526. The monoisotopic (exact) mass is 616 g/mol. The normalized spacial score (nSPS) is 10.8. The lowest BCUT2D eigenvalue weighted by atomic mass is 10.0. The first-order valence-corrected chi connectivity index (χ1v) is 16.6. The second kappa shape index (κ2) is 14.5. The summed E-state index contributed by atoms with van der Waals surface area (Å²) >= 11 is 0. The first-order valence-electron chi connectivity index (χ1n) is 13.9. The van der Waals surface area contributed by atoms with Gasteiger partial charge in [0.2, 0.25) is 0 Å². The minimum atomic E-state index is -0.898. The van der Waals surface area contributed by atoms with Gasteiger partial charge >= 0.3 is 0 Å². The van der Waals surface area contributed by atoms with Crippen molar-refractivity contribution in [2.75, 3.05) is 14.2 Å². The number of hydrogen-bond donors (Lipinski definition) is 0. The van der Waals surface area contributed by atoms with Crippen molar-refractivity contribution in [2.24, 2.45) is 0 Å². The maximum atomic E-state index is 6.17. The number of ether oxygens (including phenoxy) is 2. The highest BCUT2D eigenvalue weighted by Crippen LogP contribution is 2.46. The lowest BCUT2D eigenvalue weighted by Gasteiger charge is -2.28. The van der Waals surface area contributed by atoms with Crippen LogP contribution in [0.5, 0.6) is 11.5 Å². The molecule has 6 aromatic carbocycles. The molecule has 0 spiro atoms. The van der Waals surface area contributed by atoms with E-state index in [1.54, 1.807) is 14.2 Å². The van der Waals surface area contributed by atoms with Crippen molar-refractivity contribution in [3.63, 3.8) is 0 Å². The molecule has 6 rings (SSSR count). The molecule has 0 N–H and O–H groups in total. The average molecular weight is 617 g/mol. The van der Waals surface area contributed by atoms with E-state index in [2.05, 4.69) is 158 Å². The zero-order valence-electron chi connectivity index (χ0n) is 24.2. The first-order chi connectivity index (χ1) is 20.8. The second-order valence-electron chi connectivity index (χ2n) is 9.72. The summed E-state index contributed by atoms with van der Waals surface area (Å²) in [4.78, 5) is 0. The molecule has 0 heterocycles. The zero-order chi connectivity index (χ0) is 28.7. The van der Waals surface area contributed by atoms with Gasteiger partial charge in [0.25, 0.3) is 0 Å². The third kappa shape index (κ3) is 6.41. The molecule has 0 aromatic heterocycles. The molecule has 43 heavy (non-hydrogen) atoms. The van der Waals surface area contributed by atoms with Crippen molar-refractivity contribution in [3.8, 4) is 22.6 Å². The Bertz CT molecular complexity index is 1540. The summed E-state index contributed by atoms with van der Waals surface area (Å²) in [7, 11) is 1.74. The Balaban J connectivity index is 0.00000368. The molecule has 5 heteroatoms. The van der Waals surface area contributed by atoms with E-state index < -0.39 is 15.8 Å². The van der Waals surface area contributed by atoms with Gasteiger partial charge in [0.1, 0.15) is 11.5 Å². The van der Waals surface area contributed by atoms with Gasteiger partial charge in [-0.3, -0.25) is 0 Å². The Hall–Kier alpha value is -3.87. The van der Waals surface area contributed by atoms with Crippen molar-refractivity contribution in [1.29, 1.82) is 0 Å². The summed E-state index contributed by atoms with van der Waals surface area (Å²) in [6.45, 7) is 0. The van der Waals surface area contributed by atoms with E-state index in [0.29, 0.717) is 0 Å². The van der Waals surface area contributed by atoms with Crippen molar-refractivity contribution < 1.29 is 9.47 Å². The Morgan fingerprint density at radius 1 is 0.349 bits per heavy atom. The minimum absolute atomic E-state index is 0. The van der Waals surface area contributed by atoms with E-state index >= 15 is 0 Å². The van der Waals surface area contributed by atoms with E-state index in [-0.39, 0.29) is 13.5 Å². The molecule has 0 saturated heterocycles. The van der Waals surface area contributed by atoms with E-state index in [0.717, 1.165) is 22.6 Å². The molecular formula is C38H34O2P2S. The number of benzene rings is 6. The molecular weight excluding hydrogens is 582 g/mol. The van der Waals surface area contributed by atoms with Crippen LogP contribution in [0.2, 0.25) is 0 Å². The van der Waals surface area contributed by atoms with Crippen molar-refractivity contribution in [3.05, 3.63) is 158 Å². The smallest absolute Gasteiger partial charge is 0.127 e. The van der Waals surface area contributed by atoms with Gasteiger partial charge in [-0.25, -0.2) is 0 Å². The summed E-state index contributed by atoms with van der Waals surface area (Å²) in [6, 6.07) is 56.2. The molecule has 0 atom stereocenters. The highest BCUT2D eigenvalue weighted by Gasteiger charge is 2.29. The topological polar surface area (TPSA) is 18.5 Å². The van der Waals surface area contributed by atoms with Crippen molar-refractivity contribution in [2.45, 2.75) is 0 Å². The molecule has 0 aliphatic carbocycles. The van der Waals surface area contributed by atoms with Crippen LogP contribution < -0.4 is 41.3 Å². The zero-order valence-corrected chi connectivity index (χ0v) is 27.0. The third-order valence-corrected chi connectivity index (χ3v) is 12.2. The van der Waals surface area contributed by atoms with Gasteiger partial charge < -0.3 is 9.47 Å². The molecule has 214 valence electrons. The van der Waals surface area contributed by atoms with Gasteiger partial charge in [-0.05, 0) is 59.8 Å². The highest BCUT2D eigenvalue weighted by atomic mass is 32.1. The van der Waals surface area contributed by atoms with Crippen LogP contribution in [0, 0.1) is 0 Å². The molecule has 6 aromatic rings. The predicted molar refractivity (Wildman–Crippen MR) is 193 cm³/mol. The molecule has 0 aliphatic rings. The number of rotatable bonds is 9. The number of hydrogen-bond acceptors (Lipinski definition) is 2. The van der Waals surface area contributed by atoms with Crippen molar-refractivity contribution >= 4 is 61.2 Å². The van der Waals surface area contributed by atoms with E-state index in [9.17, 15) is 0 Å². The minimum Gasteiger partial charge on any atom is -0.496 e. The lowest BCUT2D eigenvalue weighted by Crippen LogP contribution is -2.26. The largest absolute Gasteiger partial charge is 0.496 e. The predicted octanol–water partition coefficient (Wildman–Crippen LogP) is 7.00. The standard InChI is InChI=1S/C38H32O2P2.H2S/c1-39-33-25-15-27-35(41(29-17-7-3-8-18-29)30-19-9-4-10-20-30)37(33)38-34(40-2)26-16-28-36(38)42(31-21-11-5-12-22-31)32-23-13-6-14-24-32;/h3-28H,1-2H3;1H2. The van der Waals surface area contributed by atoms with E-state index in [1.807, 2.05) is 0 Å². The van der Waals surface area contributed by atoms with Gasteiger partial charge in [0.05, 0.1) is 14.2 Å². The molecule has 0 saturated carbocycles. The molecule has 2 nitrogen and oxygen atoms in total. The quantitative estimate of drug-likeness (QED) is 0.163. The third-order valence-electron chi connectivity index (χ3n) is 7.24. The molecule has 0 radical (unpaired) electrons. The van der Waals surface area contributed by atoms with Crippen LogP contribution in [0.3, 0.4) is 0 Å². The summed E-state index contributed by atoms with van der Waals surface area (Å²) in [5.74, 6) is 1.68. The van der Waals surface area contributed by atoms with Crippen LogP contribution in [0.25, 0.3) is 11.1 Å². The maximum absolute atomic E-state index is 6.17. The average Bonchev–Trinajstić information content (AvgIpc) is 3.07. The summed E-state index contributed by atoms with van der Waals surface area (Å²) < 4.78 is 12.3. The van der Waals surface area contributed by atoms with Gasteiger partial charge in [-0.1, -0.05) is 146 Å². The molecule has 0 amide bonds. The number of methoxy groups -OCH3 is 2. The van der Waals surface area contributed by atoms with Gasteiger partial charge in [0.15, 0.2) is 0 Å². The Kier molecular flexibility index (Phi) is 10.3. The van der Waals surface area contributed by atoms with Crippen LogP contribution in [-0.2, 0) is 0 Å². The summed E-state index contributed by atoms with van der Waals surface area (Å²) in [5.41, 5.74) is 2.18. The lowest BCUT2D eigenvalue weighted by molar-refractivity contribution is 0.411. The fourth-order valence-electron chi connectivity index (χ4n) is 5.42. The van der Waals surface area contributed by atoms with Crippen molar-refractivity contribution in [1.82, 2.24) is 0 Å². The fourth-order valence-corrected chi connectivity index (χ4v) is 10.4. The van der Waals surface area contributed by atoms with E-state index in [4.69, 9.17) is 9.47 Å². The first kappa shape index (κ1) is 30.6. The SMILES string of the molecule is COc1cccc(P(c2ccccc2)c2ccccc2)c1-c1c(OC)cccc1P(c1ccccc1)c1ccccc1.S. The molecule has 0 aliphatic heterocycles. The summed E-state index contributed by atoms with van der Waals surface area (Å²) in [6.07, 6.45) is 0. The second-order valence-corrected chi connectivity index (χ2v) is 14.1. The Labute approximate surface area is 264 Å². The van der Waals surface area contributed by atoms with Crippen LogP contribution in [0.1, 0.15) is 0 Å². The summed E-state index contributed by atoms with van der Waals surface area (Å²) in [5, 5.41) is 7.64. The van der Waals surface area contributed by atoms with Crippen LogP contribution in [0.4, 0.5) is 0 Å². The molecule has 0 unspecified atom stereocenters. The van der Waals surface area contributed by atoms with E-state index in [1.165, 1.54) is 31.8 Å². The maximum Gasteiger partial charge on any atom is 0.127 e.